The van der Waals surface area contributed by atoms with Crippen LogP contribution in [0.3, 0.4) is 0 Å². The predicted octanol–water partition coefficient (Wildman–Crippen LogP) is 2.39. The number of nitrogens with one attached hydrogen (secondary N) is 1. The molecule has 0 unspecified atom stereocenters. The summed E-state index contributed by atoms with van der Waals surface area (Å²) in [7, 11) is 0. The van der Waals surface area contributed by atoms with Crippen LogP contribution < -0.4 is 5.32 Å². The Labute approximate surface area is 119 Å². The van der Waals surface area contributed by atoms with Crippen molar-refractivity contribution in [3.05, 3.63) is 28.8 Å². The second kappa shape index (κ2) is 7.36. The number of likely N-dealkylation sites (N-methyl/N-ethyl adjacent to an activating group) is 1. The fourth-order valence-corrected chi connectivity index (χ4v) is 2.01. The number of carbonyl (C=O) groups is 1. The van der Waals surface area contributed by atoms with Gasteiger partial charge in [0.1, 0.15) is 5.75 Å². The van der Waals surface area contributed by atoms with Crippen LogP contribution in [0.4, 0.5) is 0 Å². The van der Waals surface area contributed by atoms with Gasteiger partial charge in [-0.05, 0) is 32.5 Å². The van der Waals surface area contributed by atoms with E-state index in [0.717, 1.165) is 0 Å². The maximum atomic E-state index is 11.7. The molecule has 1 amide bonds. The molecule has 0 saturated carbocycles. The van der Waals surface area contributed by atoms with Crippen molar-refractivity contribution >= 4 is 17.5 Å². The van der Waals surface area contributed by atoms with Crippen molar-refractivity contribution in [3.63, 3.8) is 0 Å². The number of benzene rings is 1. The van der Waals surface area contributed by atoms with Crippen molar-refractivity contribution in [2.24, 2.45) is 0 Å². The van der Waals surface area contributed by atoms with E-state index in [1.807, 2.05) is 25.7 Å². The lowest BCUT2D eigenvalue weighted by Gasteiger charge is -2.21. The molecule has 0 atom stereocenters. The molecule has 0 fully saturated rings. The molecule has 0 bridgehead atoms. The van der Waals surface area contributed by atoms with Crippen molar-refractivity contribution < 1.29 is 9.90 Å². The number of hydrogen-bond acceptors (Lipinski definition) is 3. The van der Waals surface area contributed by atoms with Gasteiger partial charge in [0.05, 0.1) is 6.54 Å². The Morgan fingerprint density at radius 1 is 1.47 bits per heavy atom. The molecule has 0 saturated heterocycles. The Balaban J connectivity index is 2.69. The van der Waals surface area contributed by atoms with Crippen LogP contribution in [0.5, 0.6) is 5.75 Å². The van der Waals surface area contributed by atoms with E-state index in [-0.39, 0.29) is 17.7 Å². The molecule has 0 aromatic heterocycles. The molecule has 106 valence electrons. The van der Waals surface area contributed by atoms with Crippen molar-refractivity contribution in [3.8, 4) is 5.75 Å². The molecule has 0 spiro atoms. The minimum Gasteiger partial charge on any atom is -0.508 e. The summed E-state index contributed by atoms with van der Waals surface area (Å²) in [4.78, 5) is 13.7. The lowest BCUT2D eigenvalue weighted by molar-refractivity contribution is -0.122. The second-order valence-corrected chi connectivity index (χ2v) is 5.17. The monoisotopic (exact) mass is 284 g/mol. The Bertz CT molecular complexity index is 415. The molecule has 1 aromatic rings. The summed E-state index contributed by atoms with van der Waals surface area (Å²) in [5.74, 6) is 0.138. The maximum Gasteiger partial charge on any atom is 0.234 e. The highest BCUT2D eigenvalue weighted by Crippen LogP contribution is 2.26. The number of aromatic hydroxyl groups is 1. The van der Waals surface area contributed by atoms with E-state index in [1.54, 1.807) is 18.2 Å². The van der Waals surface area contributed by atoms with Crippen molar-refractivity contribution in [2.75, 3.05) is 13.1 Å². The van der Waals surface area contributed by atoms with Crippen LogP contribution in [0.25, 0.3) is 0 Å². The summed E-state index contributed by atoms with van der Waals surface area (Å²) in [6.07, 6.45) is 0. The number of nitrogens with zero attached hydrogens (tertiary/aromatic N) is 1. The van der Waals surface area contributed by atoms with Gasteiger partial charge < -0.3 is 10.4 Å². The zero-order valence-corrected chi connectivity index (χ0v) is 12.4. The van der Waals surface area contributed by atoms with E-state index in [1.165, 1.54) is 0 Å². The Kier molecular flexibility index (Phi) is 6.12. The van der Waals surface area contributed by atoms with Crippen LogP contribution in [-0.4, -0.2) is 35.0 Å². The number of phenolic OH excluding ortho intramolecular Hbond substituents is 1. The van der Waals surface area contributed by atoms with E-state index in [4.69, 9.17) is 11.6 Å². The van der Waals surface area contributed by atoms with Gasteiger partial charge in [-0.3, -0.25) is 9.69 Å². The number of phenols is 1. The number of carbonyl (C=O) groups excluding carboxylic acids is 1. The largest absolute Gasteiger partial charge is 0.508 e. The summed E-state index contributed by atoms with van der Waals surface area (Å²) < 4.78 is 0. The summed E-state index contributed by atoms with van der Waals surface area (Å²) in [6.45, 7) is 7.27. The van der Waals surface area contributed by atoms with E-state index in [2.05, 4.69) is 5.32 Å². The first-order valence-electron chi connectivity index (χ1n) is 6.42. The van der Waals surface area contributed by atoms with Gasteiger partial charge in [0, 0.05) is 23.2 Å². The standard InChI is InChI=1S/C14H21ClN2O2/c1-4-17(9-14(19)16-10(2)3)8-11-12(15)6-5-7-13(11)18/h5-7,10,18H,4,8-9H2,1-3H3,(H,16,19). The van der Waals surface area contributed by atoms with E-state index < -0.39 is 0 Å². The zero-order chi connectivity index (χ0) is 14.4. The quantitative estimate of drug-likeness (QED) is 0.843. The lowest BCUT2D eigenvalue weighted by Crippen LogP contribution is -2.39. The van der Waals surface area contributed by atoms with E-state index in [0.29, 0.717) is 30.2 Å². The molecule has 1 rings (SSSR count). The first-order chi connectivity index (χ1) is 8.93. The van der Waals surface area contributed by atoms with Gasteiger partial charge in [0.15, 0.2) is 0 Å². The van der Waals surface area contributed by atoms with Crippen LogP contribution >= 0.6 is 11.6 Å². The highest BCUT2D eigenvalue weighted by molar-refractivity contribution is 6.31. The number of rotatable bonds is 6. The number of amides is 1. The Morgan fingerprint density at radius 3 is 2.68 bits per heavy atom. The summed E-state index contributed by atoms with van der Waals surface area (Å²) in [5.41, 5.74) is 0.656. The zero-order valence-electron chi connectivity index (χ0n) is 11.6. The first-order valence-corrected chi connectivity index (χ1v) is 6.79. The van der Waals surface area contributed by atoms with Gasteiger partial charge in [-0.25, -0.2) is 0 Å². The molecular formula is C14H21ClN2O2. The van der Waals surface area contributed by atoms with Gasteiger partial charge in [0.25, 0.3) is 0 Å². The van der Waals surface area contributed by atoms with Crippen LogP contribution in [0.1, 0.15) is 26.3 Å². The van der Waals surface area contributed by atoms with Crippen molar-refractivity contribution in [1.82, 2.24) is 10.2 Å². The fraction of sp³-hybridized carbons (Fsp3) is 0.500. The van der Waals surface area contributed by atoms with Gasteiger partial charge in [-0.15, -0.1) is 0 Å². The molecule has 19 heavy (non-hydrogen) atoms. The number of hydrogen-bond donors (Lipinski definition) is 2. The minimum absolute atomic E-state index is 0.0246. The summed E-state index contributed by atoms with van der Waals surface area (Å²) in [5, 5.41) is 13.2. The molecule has 5 heteroatoms. The second-order valence-electron chi connectivity index (χ2n) is 4.76. The number of halogens is 1. The first kappa shape index (κ1) is 15.8. The molecular weight excluding hydrogens is 264 g/mol. The topological polar surface area (TPSA) is 52.6 Å². The summed E-state index contributed by atoms with van der Waals surface area (Å²) in [6, 6.07) is 5.16. The van der Waals surface area contributed by atoms with Gasteiger partial charge in [-0.2, -0.15) is 0 Å². The normalized spacial score (nSPS) is 11.1. The average Bonchev–Trinajstić information content (AvgIpc) is 2.31. The third kappa shape index (κ3) is 5.09. The van der Waals surface area contributed by atoms with E-state index in [9.17, 15) is 9.90 Å². The van der Waals surface area contributed by atoms with Crippen molar-refractivity contribution in [1.29, 1.82) is 0 Å². The van der Waals surface area contributed by atoms with Crippen LogP contribution in [-0.2, 0) is 11.3 Å². The molecule has 0 aliphatic heterocycles. The lowest BCUT2D eigenvalue weighted by atomic mass is 10.2. The van der Waals surface area contributed by atoms with Gasteiger partial charge >= 0.3 is 0 Å². The van der Waals surface area contributed by atoms with Crippen LogP contribution in [0.2, 0.25) is 5.02 Å². The third-order valence-corrected chi connectivity index (χ3v) is 3.09. The average molecular weight is 285 g/mol. The maximum absolute atomic E-state index is 11.7. The Hall–Kier alpha value is -1.26. The Morgan fingerprint density at radius 2 is 2.16 bits per heavy atom. The van der Waals surface area contributed by atoms with Crippen LogP contribution in [0.15, 0.2) is 18.2 Å². The highest BCUT2D eigenvalue weighted by atomic mass is 35.5. The molecule has 0 heterocycles. The van der Waals surface area contributed by atoms with Gasteiger partial charge in [-0.1, -0.05) is 24.6 Å². The molecule has 1 aromatic carbocycles. The third-order valence-electron chi connectivity index (χ3n) is 2.74. The molecule has 4 nitrogen and oxygen atoms in total. The molecule has 2 N–H and O–H groups in total. The van der Waals surface area contributed by atoms with E-state index >= 15 is 0 Å². The molecule has 0 radical (unpaired) electrons. The molecule has 0 aliphatic rings. The van der Waals surface area contributed by atoms with Crippen molar-refractivity contribution in [2.45, 2.75) is 33.4 Å². The SMILES string of the molecule is CCN(CC(=O)NC(C)C)Cc1c(O)cccc1Cl. The van der Waals surface area contributed by atoms with Gasteiger partial charge in [0.2, 0.25) is 5.91 Å². The van der Waals surface area contributed by atoms with Crippen LogP contribution in [0, 0.1) is 0 Å². The smallest absolute Gasteiger partial charge is 0.234 e. The minimum atomic E-state index is -0.0246. The predicted molar refractivity (Wildman–Crippen MR) is 77.3 cm³/mol. The molecule has 0 aliphatic carbocycles. The summed E-state index contributed by atoms with van der Waals surface area (Å²) >= 11 is 6.06. The highest BCUT2D eigenvalue weighted by Gasteiger charge is 2.14. The fourth-order valence-electron chi connectivity index (χ4n) is 1.78.